The lowest BCUT2D eigenvalue weighted by molar-refractivity contribution is 0.122. The second-order valence-electron chi connectivity index (χ2n) is 8.49. The lowest BCUT2D eigenvalue weighted by atomic mass is 10.2. The highest BCUT2D eigenvalue weighted by molar-refractivity contribution is 7.95. The average molecular weight is 558 g/mol. The van der Waals surface area contributed by atoms with Crippen molar-refractivity contribution in [3.05, 3.63) is 59.8 Å². The van der Waals surface area contributed by atoms with Crippen LogP contribution in [0.2, 0.25) is 0 Å². The van der Waals surface area contributed by atoms with Crippen LogP contribution in [0.4, 0.5) is 20.4 Å². The van der Waals surface area contributed by atoms with Gasteiger partial charge in [0, 0.05) is 29.7 Å². The topological polar surface area (TPSA) is 124 Å². The predicted molar refractivity (Wildman–Crippen MR) is 142 cm³/mol. The molecule has 0 aliphatic carbocycles. The Kier molecular flexibility index (Phi) is 7.39. The van der Waals surface area contributed by atoms with Gasteiger partial charge in [-0.25, -0.2) is 22.2 Å². The minimum atomic E-state index is -3.64. The molecule has 2 aromatic carbocycles. The van der Waals surface area contributed by atoms with Crippen molar-refractivity contribution in [2.75, 3.05) is 43.0 Å². The number of hydrogen-bond donors (Lipinski definition) is 1. The van der Waals surface area contributed by atoms with Crippen LogP contribution in [0.3, 0.4) is 0 Å². The van der Waals surface area contributed by atoms with E-state index in [4.69, 9.17) is 9.47 Å². The summed E-state index contributed by atoms with van der Waals surface area (Å²) in [4.78, 5) is 19.7. The van der Waals surface area contributed by atoms with E-state index in [9.17, 15) is 17.2 Å². The number of aromatic nitrogens is 5. The molecule has 1 aliphatic rings. The van der Waals surface area contributed by atoms with Crippen LogP contribution in [0.5, 0.6) is 5.75 Å². The normalized spacial score (nSPS) is 14.4. The number of nitrogens with zero attached hydrogens (tertiary/aromatic N) is 6. The molecular formula is C25H25F2N7O4S. The highest BCUT2D eigenvalue weighted by Crippen LogP contribution is 2.32. The van der Waals surface area contributed by atoms with Crippen LogP contribution >= 0.6 is 0 Å². The lowest BCUT2D eigenvalue weighted by Crippen LogP contribution is -2.37. The number of nitrogens with one attached hydrogen (secondary N) is 1. The smallest absolute Gasteiger partial charge is 0.296 e. The SMILES string of the molecule is CC=CS(=O)(=O)Nc1ccc(-c2nc(N3CCOCC3)nc(-n3c(C(F)F)nc4c(OC)cccc43)n2)cc1. The number of allylic oxidation sites excluding steroid dienone is 1. The lowest BCUT2D eigenvalue weighted by Gasteiger charge is -2.27. The highest BCUT2D eigenvalue weighted by Gasteiger charge is 2.26. The number of hydrogen-bond acceptors (Lipinski definition) is 9. The maximum Gasteiger partial charge on any atom is 0.296 e. The molecule has 0 saturated carbocycles. The van der Waals surface area contributed by atoms with E-state index < -0.39 is 22.3 Å². The van der Waals surface area contributed by atoms with Crippen molar-refractivity contribution in [3.8, 4) is 23.1 Å². The molecule has 1 fully saturated rings. The van der Waals surface area contributed by atoms with Crippen molar-refractivity contribution >= 4 is 32.7 Å². The summed E-state index contributed by atoms with van der Waals surface area (Å²) in [5.41, 5.74) is 1.47. The molecule has 0 bridgehead atoms. The third kappa shape index (κ3) is 5.52. The molecular weight excluding hydrogens is 532 g/mol. The molecule has 1 aliphatic heterocycles. The highest BCUT2D eigenvalue weighted by atomic mass is 32.2. The summed E-state index contributed by atoms with van der Waals surface area (Å²) < 4.78 is 67.0. The number of morpholine rings is 1. The van der Waals surface area contributed by atoms with Crippen LogP contribution in [0.15, 0.2) is 53.9 Å². The second kappa shape index (κ2) is 10.9. The maximum absolute atomic E-state index is 14.2. The monoisotopic (exact) mass is 557 g/mol. The molecule has 1 N–H and O–H groups in total. The molecule has 2 aromatic heterocycles. The standard InChI is InChI=1S/C25H25F2N7O4S/c1-3-15-39(35,36)32-17-9-7-16(8-10-17)22-29-24(33-11-13-38-14-12-33)31-25(30-22)34-18-5-4-6-19(37-2)20(18)28-23(34)21(26)27/h3-10,15,21,32H,11-14H2,1-2H3. The number of anilines is 2. The molecule has 0 radical (unpaired) electrons. The third-order valence-electron chi connectivity index (χ3n) is 5.91. The molecule has 11 nitrogen and oxygen atoms in total. The van der Waals surface area contributed by atoms with Gasteiger partial charge in [0.1, 0.15) is 11.3 Å². The van der Waals surface area contributed by atoms with Crippen LogP contribution < -0.4 is 14.4 Å². The number of halogens is 2. The van der Waals surface area contributed by atoms with E-state index >= 15 is 0 Å². The summed E-state index contributed by atoms with van der Waals surface area (Å²) in [5.74, 6) is 0.279. The molecule has 14 heteroatoms. The first-order chi connectivity index (χ1) is 18.8. The Morgan fingerprint density at radius 2 is 1.74 bits per heavy atom. The summed E-state index contributed by atoms with van der Waals surface area (Å²) in [6.45, 7) is 3.55. The van der Waals surface area contributed by atoms with Crippen LogP contribution in [0, 0.1) is 0 Å². The van der Waals surface area contributed by atoms with E-state index in [2.05, 4.69) is 24.7 Å². The number of ether oxygens (including phenoxy) is 2. The van der Waals surface area contributed by atoms with Crippen molar-refractivity contribution < 1.29 is 26.7 Å². The number of sulfonamides is 1. The van der Waals surface area contributed by atoms with Gasteiger partial charge in [-0.1, -0.05) is 12.1 Å². The minimum absolute atomic E-state index is 0.0367. The third-order valence-corrected chi connectivity index (χ3v) is 7.06. The van der Waals surface area contributed by atoms with Gasteiger partial charge in [-0.2, -0.15) is 15.0 Å². The molecule has 1 saturated heterocycles. The summed E-state index contributed by atoms with van der Waals surface area (Å²) in [6.07, 6.45) is -1.50. The first kappa shape index (κ1) is 26.4. The van der Waals surface area contributed by atoms with Gasteiger partial charge in [-0.3, -0.25) is 9.29 Å². The van der Waals surface area contributed by atoms with Gasteiger partial charge in [0.15, 0.2) is 11.6 Å². The van der Waals surface area contributed by atoms with Crippen LogP contribution in [-0.2, 0) is 14.8 Å². The van der Waals surface area contributed by atoms with Gasteiger partial charge in [-0.15, -0.1) is 0 Å². The van der Waals surface area contributed by atoms with Crippen molar-refractivity contribution in [3.63, 3.8) is 0 Å². The fourth-order valence-electron chi connectivity index (χ4n) is 4.17. The molecule has 0 unspecified atom stereocenters. The minimum Gasteiger partial charge on any atom is -0.494 e. The number of imidazole rings is 1. The molecule has 0 atom stereocenters. The Bertz CT molecular complexity index is 1620. The van der Waals surface area contributed by atoms with Gasteiger partial charge < -0.3 is 14.4 Å². The largest absolute Gasteiger partial charge is 0.494 e. The van der Waals surface area contributed by atoms with Crippen molar-refractivity contribution in [2.45, 2.75) is 13.3 Å². The molecule has 5 rings (SSSR count). The molecule has 0 amide bonds. The van der Waals surface area contributed by atoms with Crippen molar-refractivity contribution in [1.82, 2.24) is 24.5 Å². The van der Waals surface area contributed by atoms with Gasteiger partial charge in [0.2, 0.25) is 11.9 Å². The number of rotatable bonds is 8. The molecule has 39 heavy (non-hydrogen) atoms. The van der Waals surface area contributed by atoms with Crippen LogP contribution in [-0.4, -0.2) is 66.3 Å². The Morgan fingerprint density at radius 3 is 2.41 bits per heavy atom. The Labute approximate surface area is 223 Å². The Hall–Kier alpha value is -4.17. The van der Waals surface area contributed by atoms with Crippen molar-refractivity contribution in [1.29, 1.82) is 0 Å². The van der Waals surface area contributed by atoms with E-state index in [0.717, 1.165) is 5.41 Å². The summed E-state index contributed by atoms with van der Waals surface area (Å²) in [7, 11) is -2.20. The first-order valence-corrected chi connectivity index (χ1v) is 13.5. The van der Waals surface area contributed by atoms with Gasteiger partial charge >= 0.3 is 0 Å². The number of para-hydroxylation sites is 1. The van der Waals surface area contributed by atoms with Crippen LogP contribution in [0.25, 0.3) is 28.4 Å². The van der Waals surface area contributed by atoms with Gasteiger partial charge in [-0.05, 0) is 43.3 Å². The zero-order valence-electron chi connectivity index (χ0n) is 21.1. The molecule has 4 aromatic rings. The van der Waals surface area contributed by atoms with E-state index in [-0.39, 0.29) is 17.3 Å². The average Bonchev–Trinajstić information content (AvgIpc) is 3.34. The van der Waals surface area contributed by atoms with Crippen LogP contribution in [0.1, 0.15) is 19.2 Å². The first-order valence-electron chi connectivity index (χ1n) is 12.0. The number of benzene rings is 2. The van der Waals surface area contributed by atoms with E-state index in [0.29, 0.717) is 54.8 Å². The summed E-state index contributed by atoms with van der Waals surface area (Å²) in [6, 6.07) is 11.4. The second-order valence-corrected chi connectivity index (χ2v) is 10.1. The molecule has 204 valence electrons. The quantitative estimate of drug-likeness (QED) is 0.343. The van der Waals surface area contributed by atoms with E-state index in [1.165, 1.54) is 17.8 Å². The Morgan fingerprint density at radius 1 is 1.03 bits per heavy atom. The predicted octanol–water partition coefficient (Wildman–Crippen LogP) is 3.94. The summed E-state index contributed by atoms with van der Waals surface area (Å²) >= 11 is 0. The fraction of sp³-hybridized carbons (Fsp3) is 0.280. The molecule has 0 spiro atoms. The zero-order chi connectivity index (χ0) is 27.6. The maximum atomic E-state index is 14.2. The number of alkyl halides is 2. The number of methoxy groups -OCH3 is 1. The summed E-state index contributed by atoms with van der Waals surface area (Å²) in [5, 5.41) is 1.05. The molecule has 3 heterocycles. The van der Waals surface area contributed by atoms with Gasteiger partial charge in [0.05, 0.1) is 25.8 Å². The van der Waals surface area contributed by atoms with Gasteiger partial charge in [0.25, 0.3) is 16.4 Å². The fourth-order valence-corrected chi connectivity index (χ4v) is 5.06. The Balaban J connectivity index is 1.65. The number of fused-ring (bicyclic) bond motifs is 1. The zero-order valence-corrected chi connectivity index (χ0v) is 21.9. The van der Waals surface area contributed by atoms with E-state index in [1.807, 2.05) is 4.90 Å². The van der Waals surface area contributed by atoms with E-state index in [1.54, 1.807) is 49.4 Å². The van der Waals surface area contributed by atoms with Crippen molar-refractivity contribution in [2.24, 2.45) is 0 Å².